The van der Waals surface area contributed by atoms with Crippen molar-refractivity contribution in [1.29, 1.82) is 0 Å². The number of benzene rings is 1. The van der Waals surface area contributed by atoms with Crippen molar-refractivity contribution in [3.8, 4) is 11.3 Å². The van der Waals surface area contributed by atoms with Crippen LogP contribution in [0, 0.1) is 10.1 Å². The summed E-state index contributed by atoms with van der Waals surface area (Å²) in [6, 6.07) is 9.66. The second-order valence-corrected chi connectivity index (χ2v) is 6.93. The lowest BCUT2D eigenvalue weighted by atomic mass is 10.1. The van der Waals surface area contributed by atoms with Gasteiger partial charge < -0.3 is 14.1 Å². The summed E-state index contributed by atoms with van der Waals surface area (Å²) in [5, 5.41) is 11.6. The standard InChI is InChI=1S/C18H15N3O5S/c22-17-16(27-18(19-17)20-6-8-25-9-7-20)11-14-4-5-15(26-14)12-2-1-3-13(10-12)21(23)24/h1-5,10-11H,6-9H2. The number of aliphatic imine (C=N–C) groups is 1. The Labute approximate surface area is 158 Å². The minimum Gasteiger partial charge on any atom is -0.457 e. The van der Waals surface area contributed by atoms with E-state index in [0.717, 1.165) is 0 Å². The molecule has 9 heteroatoms. The molecule has 0 saturated carbocycles. The molecule has 138 valence electrons. The molecule has 1 fully saturated rings. The summed E-state index contributed by atoms with van der Waals surface area (Å²) in [6.07, 6.45) is 1.64. The zero-order valence-electron chi connectivity index (χ0n) is 14.2. The lowest BCUT2D eigenvalue weighted by Crippen LogP contribution is -2.38. The summed E-state index contributed by atoms with van der Waals surface area (Å²) in [4.78, 5) is 29.3. The average Bonchev–Trinajstić information content (AvgIpc) is 3.30. The Balaban J connectivity index is 1.52. The Bertz CT molecular complexity index is 959. The maximum absolute atomic E-state index is 12.2. The number of non-ortho nitro benzene ring substituents is 1. The molecule has 0 aliphatic carbocycles. The molecule has 2 aromatic rings. The van der Waals surface area contributed by atoms with E-state index in [4.69, 9.17) is 9.15 Å². The summed E-state index contributed by atoms with van der Waals surface area (Å²) in [6.45, 7) is 2.67. The smallest absolute Gasteiger partial charge is 0.286 e. The van der Waals surface area contributed by atoms with Gasteiger partial charge in [-0.05, 0) is 23.9 Å². The summed E-state index contributed by atoms with van der Waals surface area (Å²) in [7, 11) is 0. The molecule has 0 spiro atoms. The SMILES string of the molecule is O=C1N=C(N2CCOCC2)SC1=Cc1ccc(-c2cccc([N+](=O)[O-])c2)o1. The number of nitro benzene ring substituents is 1. The van der Waals surface area contributed by atoms with Crippen LogP contribution in [0.25, 0.3) is 17.4 Å². The Kier molecular flexibility index (Phi) is 4.78. The van der Waals surface area contributed by atoms with E-state index in [9.17, 15) is 14.9 Å². The second kappa shape index (κ2) is 7.37. The summed E-state index contributed by atoms with van der Waals surface area (Å²) in [5.74, 6) is 0.691. The van der Waals surface area contributed by atoms with Gasteiger partial charge in [-0.2, -0.15) is 4.99 Å². The molecular weight excluding hydrogens is 370 g/mol. The van der Waals surface area contributed by atoms with Crippen molar-refractivity contribution in [2.24, 2.45) is 4.99 Å². The molecular formula is C18H15N3O5S. The molecule has 1 saturated heterocycles. The molecule has 1 aromatic heterocycles. The number of hydrogen-bond acceptors (Lipinski definition) is 7. The molecule has 1 amide bonds. The summed E-state index contributed by atoms with van der Waals surface area (Å²) >= 11 is 1.31. The molecule has 3 heterocycles. The first-order chi connectivity index (χ1) is 13.1. The highest BCUT2D eigenvalue weighted by atomic mass is 32.2. The fourth-order valence-corrected chi connectivity index (χ4v) is 3.72. The van der Waals surface area contributed by atoms with Gasteiger partial charge in [0.2, 0.25) is 0 Å². The number of ether oxygens (including phenoxy) is 1. The molecule has 0 unspecified atom stereocenters. The molecule has 0 bridgehead atoms. The van der Waals surface area contributed by atoms with Gasteiger partial charge in [0.05, 0.1) is 23.0 Å². The number of furan rings is 1. The van der Waals surface area contributed by atoms with E-state index in [-0.39, 0.29) is 11.6 Å². The van der Waals surface area contributed by atoms with Gasteiger partial charge in [-0.15, -0.1) is 0 Å². The number of thioether (sulfide) groups is 1. The van der Waals surface area contributed by atoms with Crippen molar-refractivity contribution in [2.45, 2.75) is 0 Å². The van der Waals surface area contributed by atoms with Crippen molar-refractivity contribution in [1.82, 2.24) is 4.90 Å². The lowest BCUT2D eigenvalue weighted by Gasteiger charge is -2.27. The van der Waals surface area contributed by atoms with Crippen molar-refractivity contribution in [3.63, 3.8) is 0 Å². The van der Waals surface area contributed by atoms with Crippen LogP contribution in [-0.2, 0) is 9.53 Å². The van der Waals surface area contributed by atoms with E-state index in [1.54, 1.807) is 30.3 Å². The normalized spacial score (nSPS) is 18.8. The van der Waals surface area contributed by atoms with Crippen LogP contribution in [-0.4, -0.2) is 47.2 Å². The van der Waals surface area contributed by atoms with Gasteiger partial charge in [-0.1, -0.05) is 12.1 Å². The lowest BCUT2D eigenvalue weighted by molar-refractivity contribution is -0.384. The maximum Gasteiger partial charge on any atom is 0.286 e. The third-order valence-electron chi connectivity index (χ3n) is 4.13. The minimum absolute atomic E-state index is 0.00566. The number of nitrogens with zero attached hydrogens (tertiary/aromatic N) is 3. The van der Waals surface area contributed by atoms with Crippen LogP contribution < -0.4 is 0 Å². The van der Waals surface area contributed by atoms with Crippen LogP contribution in [0.2, 0.25) is 0 Å². The van der Waals surface area contributed by atoms with Gasteiger partial charge in [-0.25, -0.2) is 0 Å². The van der Waals surface area contributed by atoms with Gasteiger partial charge in [0.15, 0.2) is 5.17 Å². The highest BCUT2D eigenvalue weighted by Crippen LogP contribution is 2.32. The van der Waals surface area contributed by atoms with E-state index in [1.807, 2.05) is 4.90 Å². The summed E-state index contributed by atoms with van der Waals surface area (Å²) in [5.41, 5.74) is 0.596. The maximum atomic E-state index is 12.2. The van der Waals surface area contributed by atoms with Gasteiger partial charge in [-0.3, -0.25) is 14.9 Å². The zero-order valence-corrected chi connectivity index (χ0v) is 15.0. The molecule has 8 nitrogen and oxygen atoms in total. The quantitative estimate of drug-likeness (QED) is 0.455. The molecule has 4 rings (SSSR count). The van der Waals surface area contributed by atoms with Gasteiger partial charge >= 0.3 is 0 Å². The highest BCUT2D eigenvalue weighted by molar-refractivity contribution is 8.18. The first-order valence-electron chi connectivity index (χ1n) is 8.30. The van der Waals surface area contributed by atoms with Crippen LogP contribution in [0.5, 0.6) is 0 Å². The molecule has 0 atom stereocenters. The third-order valence-corrected chi connectivity index (χ3v) is 5.18. The van der Waals surface area contributed by atoms with Crippen LogP contribution >= 0.6 is 11.8 Å². The molecule has 2 aliphatic heterocycles. The van der Waals surface area contributed by atoms with Gasteiger partial charge in [0.1, 0.15) is 11.5 Å². The number of carbonyl (C=O) groups is 1. The van der Waals surface area contributed by atoms with Crippen molar-refractivity contribution in [2.75, 3.05) is 26.3 Å². The van der Waals surface area contributed by atoms with E-state index >= 15 is 0 Å². The van der Waals surface area contributed by atoms with E-state index in [1.165, 1.54) is 23.9 Å². The number of nitro groups is 1. The van der Waals surface area contributed by atoms with E-state index in [2.05, 4.69) is 4.99 Å². The highest BCUT2D eigenvalue weighted by Gasteiger charge is 2.27. The Morgan fingerprint density at radius 1 is 1.22 bits per heavy atom. The summed E-state index contributed by atoms with van der Waals surface area (Å²) < 4.78 is 11.1. The van der Waals surface area contributed by atoms with E-state index in [0.29, 0.717) is 53.5 Å². The Morgan fingerprint density at radius 3 is 2.81 bits per heavy atom. The first-order valence-corrected chi connectivity index (χ1v) is 9.12. The Hall–Kier alpha value is -2.91. The molecule has 27 heavy (non-hydrogen) atoms. The van der Waals surface area contributed by atoms with Crippen LogP contribution in [0.3, 0.4) is 0 Å². The molecule has 1 aromatic carbocycles. The monoisotopic (exact) mass is 385 g/mol. The minimum atomic E-state index is -0.451. The number of amides is 1. The first kappa shape index (κ1) is 17.5. The average molecular weight is 385 g/mol. The van der Waals surface area contributed by atoms with Crippen LogP contribution in [0.1, 0.15) is 5.76 Å². The molecule has 2 aliphatic rings. The van der Waals surface area contributed by atoms with Crippen molar-refractivity contribution < 1.29 is 18.9 Å². The van der Waals surface area contributed by atoms with Crippen LogP contribution in [0.15, 0.2) is 50.7 Å². The van der Waals surface area contributed by atoms with Crippen LogP contribution in [0.4, 0.5) is 5.69 Å². The molecule has 0 N–H and O–H groups in total. The number of hydrogen-bond donors (Lipinski definition) is 0. The molecule has 0 radical (unpaired) electrons. The number of rotatable bonds is 3. The topological polar surface area (TPSA) is 98.2 Å². The number of amidine groups is 1. The predicted octanol–water partition coefficient (Wildman–Crippen LogP) is 3.16. The fourth-order valence-electron chi connectivity index (χ4n) is 2.78. The fraction of sp³-hybridized carbons (Fsp3) is 0.222. The number of carbonyl (C=O) groups excluding carboxylic acids is 1. The largest absolute Gasteiger partial charge is 0.457 e. The predicted molar refractivity (Wildman–Crippen MR) is 101 cm³/mol. The van der Waals surface area contributed by atoms with E-state index < -0.39 is 4.92 Å². The second-order valence-electron chi connectivity index (χ2n) is 5.92. The van der Waals surface area contributed by atoms with Gasteiger partial charge in [0.25, 0.3) is 11.6 Å². The van der Waals surface area contributed by atoms with Gasteiger partial charge in [0, 0.05) is 36.9 Å². The zero-order chi connectivity index (χ0) is 18.8. The number of morpholine rings is 1. The van der Waals surface area contributed by atoms with Crippen molar-refractivity contribution >= 4 is 34.6 Å². The Morgan fingerprint density at radius 2 is 2.04 bits per heavy atom. The third kappa shape index (κ3) is 3.79. The van der Waals surface area contributed by atoms with Crippen molar-refractivity contribution in [3.05, 3.63) is 57.2 Å².